The topological polar surface area (TPSA) is 82.2 Å². The van der Waals surface area contributed by atoms with Gasteiger partial charge in [-0.1, -0.05) is 26.7 Å². The molecule has 0 atom stereocenters. The number of rotatable bonds is 14. The average Bonchev–Trinajstić information content (AvgIpc) is 2.91. The van der Waals surface area contributed by atoms with Gasteiger partial charge in [-0.2, -0.15) is 4.39 Å². The van der Waals surface area contributed by atoms with Crippen LogP contribution in [0.1, 0.15) is 58.8 Å². The fourth-order valence-corrected chi connectivity index (χ4v) is 4.24. The van der Waals surface area contributed by atoms with Crippen molar-refractivity contribution >= 4 is 29.8 Å². The van der Waals surface area contributed by atoms with E-state index in [1.54, 1.807) is 0 Å². The van der Waals surface area contributed by atoms with Gasteiger partial charge >= 0.3 is 6.09 Å². The molecule has 0 aliphatic carbocycles. The molecule has 1 aliphatic rings. The maximum Gasteiger partial charge on any atom is 0.420 e. The molecule has 1 heterocycles. The molecular formula is C27H41FN4O4. The van der Waals surface area contributed by atoms with Crippen molar-refractivity contribution in [3.05, 3.63) is 36.3 Å². The molecule has 1 aromatic carbocycles. The number of ether oxygens (including phenoxy) is 1. The van der Waals surface area contributed by atoms with Gasteiger partial charge < -0.3 is 19.9 Å². The second-order valence-electron chi connectivity index (χ2n) is 9.11. The summed E-state index contributed by atoms with van der Waals surface area (Å²) in [7, 11) is 1.25. The number of piperidine rings is 1. The Hall–Kier alpha value is -3.10. The summed E-state index contributed by atoms with van der Waals surface area (Å²) in [6, 6.07) is 8.88. The number of anilines is 2. The molecule has 0 saturated carbocycles. The summed E-state index contributed by atoms with van der Waals surface area (Å²) < 4.78 is 18.7. The number of hydrogen-bond acceptors (Lipinski definition) is 6. The number of carbonyl (C=O) groups is 3. The monoisotopic (exact) mass is 504 g/mol. The normalized spacial score (nSPS) is 14.3. The van der Waals surface area contributed by atoms with Crippen molar-refractivity contribution in [2.75, 3.05) is 49.6 Å². The average molecular weight is 505 g/mol. The van der Waals surface area contributed by atoms with E-state index in [2.05, 4.69) is 53.2 Å². The molecule has 9 heteroatoms. The zero-order valence-electron chi connectivity index (χ0n) is 21.9. The molecule has 0 radical (unpaired) electrons. The summed E-state index contributed by atoms with van der Waals surface area (Å²) in [6.07, 6.45) is 7.02. The minimum Gasteiger partial charge on any atom is -0.449 e. The number of amides is 3. The molecule has 1 aromatic rings. The number of benzene rings is 1. The highest BCUT2D eigenvalue weighted by atomic mass is 19.1. The number of unbranched alkanes of at least 4 members (excludes halogenated alkanes) is 2. The second kappa shape index (κ2) is 15.8. The third-order valence-corrected chi connectivity index (χ3v) is 6.53. The van der Waals surface area contributed by atoms with Gasteiger partial charge in [-0.05, 0) is 62.3 Å². The Morgan fingerprint density at radius 1 is 1.11 bits per heavy atom. The SMILES string of the molecule is CCCCN(CCCC)c1ccc(N2CCC(CCOC(=O)N(C=O)/C=C(/F)C(=O)NC)CC2)cc1. The zero-order valence-corrected chi connectivity index (χ0v) is 21.9. The van der Waals surface area contributed by atoms with E-state index in [1.807, 2.05) is 0 Å². The molecule has 0 spiro atoms. The molecule has 0 bridgehead atoms. The van der Waals surface area contributed by atoms with E-state index in [-0.39, 0.29) is 13.0 Å². The van der Waals surface area contributed by atoms with Crippen molar-refractivity contribution in [1.29, 1.82) is 0 Å². The van der Waals surface area contributed by atoms with Crippen molar-refractivity contribution in [1.82, 2.24) is 10.2 Å². The van der Waals surface area contributed by atoms with Crippen LogP contribution >= 0.6 is 0 Å². The number of hydrogen-bond donors (Lipinski definition) is 1. The van der Waals surface area contributed by atoms with Crippen LogP contribution < -0.4 is 15.1 Å². The maximum atomic E-state index is 13.6. The predicted octanol–water partition coefficient (Wildman–Crippen LogP) is 4.85. The maximum absolute atomic E-state index is 13.6. The molecule has 1 fully saturated rings. The largest absolute Gasteiger partial charge is 0.449 e. The van der Waals surface area contributed by atoms with Crippen LogP contribution in [0.25, 0.3) is 0 Å². The van der Waals surface area contributed by atoms with Crippen molar-refractivity contribution in [3.63, 3.8) is 0 Å². The van der Waals surface area contributed by atoms with Crippen molar-refractivity contribution in [3.8, 4) is 0 Å². The predicted molar refractivity (Wildman–Crippen MR) is 141 cm³/mol. The van der Waals surface area contributed by atoms with Crippen LogP contribution in [-0.2, 0) is 14.3 Å². The lowest BCUT2D eigenvalue weighted by Gasteiger charge is -2.34. The van der Waals surface area contributed by atoms with Crippen LogP contribution in [0.15, 0.2) is 36.3 Å². The third-order valence-electron chi connectivity index (χ3n) is 6.53. The summed E-state index contributed by atoms with van der Waals surface area (Å²) >= 11 is 0. The summed E-state index contributed by atoms with van der Waals surface area (Å²) in [5.41, 5.74) is 2.51. The Kier molecular flexibility index (Phi) is 12.8. The van der Waals surface area contributed by atoms with E-state index in [0.29, 0.717) is 23.4 Å². The van der Waals surface area contributed by atoms with Gasteiger partial charge in [0.2, 0.25) is 12.2 Å². The molecule has 2 rings (SSSR count). The highest BCUT2D eigenvalue weighted by Gasteiger charge is 2.21. The standard InChI is InChI=1S/C27H41FN4O4/c1-4-6-15-30(16-7-5-2)23-8-10-24(11-9-23)31-17-12-22(13-18-31)14-19-36-27(35)32(21-33)20-25(28)26(34)29-3/h8-11,20-22H,4-7,12-19H2,1-3H3,(H,29,34)/b25-20+. The number of nitrogens with zero attached hydrogens (tertiary/aromatic N) is 3. The Bertz CT molecular complexity index is 846. The van der Waals surface area contributed by atoms with Gasteiger partial charge in [0, 0.05) is 44.6 Å². The fraction of sp³-hybridized carbons (Fsp3) is 0.593. The smallest absolute Gasteiger partial charge is 0.420 e. The van der Waals surface area contributed by atoms with E-state index < -0.39 is 17.8 Å². The van der Waals surface area contributed by atoms with Crippen molar-refractivity contribution < 1.29 is 23.5 Å². The van der Waals surface area contributed by atoms with Gasteiger partial charge in [0.1, 0.15) is 0 Å². The third kappa shape index (κ3) is 9.17. The Morgan fingerprint density at radius 3 is 2.25 bits per heavy atom. The zero-order chi connectivity index (χ0) is 26.3. The molecule has 1 saturated heterocycles. The molecule has 36 heavy (non-hydrogen) atoms. The van der Waals surface area contributed by atoms with Crippen molar-refractivity contribution in [2.24, 2.45) is 5.92 Å². The van der Waals surface area contributed by atoms with E-state index in [4.69, 9.17) is 4.74 Å². The molecule has 0 unspecified atom stereocenters. The van der Waals surface area contributed by atoms with Crippen LogP contribution in [0, 0.1) is 5.92 Å². The minimum atomic E-state index is -1.25. The summed E-state index contributed by atoms with van der Waals surface area (Å²) in [4.78, 5) is 39.5. The summed E-state index contributed by atoms with van der Waals surface area (Å²) in [5, 5.41) is 2.07. The Balaban J connectivity index is 1.79. The van der Waals surface area contributed by atoms with Gasteiger partial charge in [0.25, 0.3) is 5.91 Å². The highest BCUT2D eigenvalue weighted by molar-refractivity contribution is 5.92. The Labute approximate surface area is 214 Å². The fourth-order valence-electron chi connectivity index (χ4n) is 4.24. The summed E-state index contributed by atoms with van der Waals surface area (Å²) in [5.74, 6) is -1.88. The molecular weight excluding hydrogens is 463 g/mol. The second-order valence-corrected chi connectivity index (χ2v) is 9.11. The first-order chi connectivity index (χ1) is 17.4. The van der Waals surface area contributed by atoms with Gasteiger partial charge in [-0.25, -0.2) is 9.69 Å². The van der Waals surface area contributed by atoms with Gasteiger partial charge in [0.15, 0.2) is 0 Å². The number of nitrogens with one attached hydrogen (secondary N) is 1. The van der Waals surface area contributed by atoms with Gasteiger partial charge in [-0.3, -0.25) is 9.59 Å². The van der Waals surface area contributed by atoms with Gasteiger partial charge in [-0.15, -0.1) is 0 Å². The molecule has 1 aliphatic heterocycles. The summed E-state index contributed by atoms with van der Waals surface area (Å²) in [6.45, 7) is 8.61. The van der Waals surface area contributed by atoms with Crippen LogP contribution in [-0.4, -0.2) is 63.1 Å². The first-order valence-electron chi connectivity index (χ1n) is 13.0. The number of imide groups is 1. The highest BCUT2D eigenvalue weighted by Crippen LogP contribution is 2.27. The number of halogens is 1. The lowest BCUT2D eigenvalue weighted by atomic mass is 9.93. The van der Waals surface area contributed by atoms with E-state index in [0.717, 1.165) is 39.0 Å². The van der Waals surface area contributed by atoms with Crippen LogP contribution in [0.3, 0.4) is 0 Å². The molecule has 200 valence electrons. The molecule has 1 N–H and O–H groups in total. The minimum absolute atomic E-state index is 0.113. The number of likely N-dealkylation sites (N-methyl/N-ethyl adjacent to an activating group) is 1. The van der Waals surface area contributed by atoms with Crippen LogP contribution in [0.2, 0.25) is 0 Å². The van der Waals surface area contributed by atoms with E-state index in [9.17, 15) is 18.8 Å². The lowest BCUT2D eigenvalue weighted by molar-refractivity contribution is -0.118. The van der Waals surface area contributed by atoms with E-state index >= 15 is 0 Å². The molecule has 3 amide bonds. The van der Waals surface area contributed by atoms with E-state index in [1.165, 1.54) is 44.1 Å². The van der Waals surface area contributed by atoms with Crippen LogP contribution in [0.4, 0.5) is 20.6 Å². The lowest BCUT2D eigenvalue weighted by Crippen LogP contribution is -2.34. The first-order valence-corrected chi connectivity index (χ1v) is 13.0. The van der Waals surface area contributed by atoms with Gasteiger partial charge in [0.05, 0.1) is 12.8 Å². The number of carbonyl (C=O) groups excluding carboxylic acids is 3. The Morgan fingerprint density at radius 2 is 1.72 bits per heavy atom. The quantitative estimate of drug-likeness (QED) is 0.288. The molecule has 8 nitrogen and oxygen atoms in total. The first kappa shape index (κ1) is 29.1. The molecule has 0 aromatic heterocycles. The van der Waals surface area contributed by atoms with Crippen LogP contribution in [0.5, 0.6) is 0 Å². The van der Waals surface area contributed by atoms with Crippen molar-refractivity contribution in [2.45, 2.75) is 58.8 Å².